The topological polar surface area (TPSA) is 103 Å². The van der Waals surface area contributed by atoms with Crippen molar-refractivity contribution in [2.24, 2.45) is 5.92 Å². The first-order chi connectivity index (χ1) is 16.4. The van der Waals surface area contributed by atoms with E-state index in [2.05, 4.69) is 14.8 Å². The predicted molar refractivity (Wildman–Crippen MR) is 127 cm³/mol. The summed E-state index contributed by atoms with van der Waals surface area (Å²) >= 11 is 0. The van der Waals surface area contributed by atoms with Crippen LogP contribution in [0, 0.1) is 5.92 Å². The molecule has 3 rings (SSSR count). The maximum Gasteiger partial charge on any atom is 0.275 e. The van der Waals surface area contributed by atoms with E-state index in [0.29, 0.717) is 64.1 Å². The maximum absolute atomic E-state index is 13.0. The number of nitrogens with zero attached hydrogens (tertiary/aromatic N) is 5. The average Bonchev–Trinajstić information content (AvgIpc) is 3.32. The minimum atomic E-state index is -0.469. The molecule has 2 saturated heterocycles. The number of amides is 2. The lowest BCUT2D eigenvalue weighted by Crippen LogP contribution is -2.48. The number of ether oxygens (including phenoxy) is 1. The van der Waals surface area contributed by atoms with Crippen molar-refractivity contribution >= 4 is 11.8 Å². The molecule has 10 nitrogen and oxygen atoms in total. The number of aliphatic hydroxyl groups excluding tert-OH is 1. The molecule has 10 heteroatoms. The van der Waals surface area contributed by atoms with E-state index in [1.807, 2.05) is 25.7 Å². The van der Waals surface area contributed by atoms with Crippen LogP contribution in [0.3, 0.4) is 0 Å². The Morgan fingerprint density at radius 3 is 2.56 bits per heavy atom. The quantitative estimate of drug-likeness (QED) is 0.500. The van der Waals surface area contributed by atoms with E-state index >= 15 is 0 Å². The maximum atomic E-state index is 13.0. The summed E-state index contributed by atoms with van der Waals surface area (Å²) < 4.78 is 10.9. The first-order valence-corrected chi connectivity index (χ1v) is 12.7. The number of rotatable bonds is 11. The number of carbonyl (C=O) groups is 2. The normalized spacial score (nSPS) is 20.9. The van der Waals surface area contributed by atoms with Gasteiger partial charge in [-0.1, -0.05) is 0 Å². The molecule has 1 N–H and O–H groups in total. The number of carbonyl (C=O) groups excluding carboxylic acids is 2. The second-order valence-corrected chi connectivity index (χ2v) is 9.12. The summed E-state index contributed by atoms with van der Waals surface area (Å²) in [5.74, 6) is 0.348. The van der Waals surface area contributed by atoms with Gasteiger partial charge in [-0.25, -0.2) is 4.98 Å². The Kier molecular flexibility index (Phi) is 10.3. The van der Waals surface area contributed by atoms with Crippen molar-refractivity contribution in [1.29, 1.82) is 0 Å². The van der Waals surface area contributed by atoms with Crippen LogP contribution in [-0.2, 0) is 16.1 Å². The smallest absolute Gasteiger partial charge is 0.275 e. The first kappa shape index (κ1) is 26.6. The van der Waals surface area contributed by atoms with Gasteiger partial charge in [0.15, 0.2) is 5.69 Å². The van der Waals surface area contributed by atoms with Gasteiger partial charge in [0.25, 0.3) is 5.91 Å². The third-order valence-corrected chi connectivity index (χ3v) is 6.71. The van der Waals surface area contributed by atoms with Crippen molar-refractivity contribution in [3.8, 4) is 0 Å². The molecule has 0 bridgehead atoms. The van der Waals surface area contributed by atoms with Crippen molar-refractivity contribution < 1.29 is 23.8 Å². The molecule has 0 spiro atoms. The van der Waals surface area contributed by atoms with Gasteiger partial charge in [0.1, 0.15) is 6.26 Å². The Bertz CT molecular complexity index is 776. The SMILES string of the molecule is CCOCC(O)CN1CCN(Cc2nc(C(=O)N3CCCC(C(=O)N(CC)CC)C3)co2)CC1. The van der Waals surface area contributed by atoms with E-state index in [9.17, 15) is 14.7 Å². The van der Waals surface area contributed by atoms with Gasteiger partial charge in [0, 0.05) is 65.5 Å². The Morgan fingerprint density at radius 1 is 1.18 bits per heavy atom. The van der Waals surface area contributed by atoms with Crippen LogP contribution in [0.4, 0.5) is 0 Å². The standard InChI is InChI=1S/C24H41N5O5/c1-4-28(5-2)23(31)19-8-7-9-29(14-19)24(32)21-18-34-22(25-21)16-27-12-10-26(11-13-27)15-20(30)17-33-6-3/h18-20,30H,4-17H2,1-3H3. The van der Waals surface area contributed by atoms with Crippen LogP contribution >= 0.6 is 0 Å². The summed E-state index contributed by atoms with van der Waals surface area (Å²) in [7, 11) is 0. The highest BCUT2D eigenvalue weighted by Gasteiger charge is 2.32. The Hall–Kier alpha value is -2.01. The van der Waals surface area contributed by atoms with Crippen LogP contribution in [0.2, 0.25) is 0 Å². The van der Waals surface area contributed by atoms with E-state index in [1.54, 1.807) is 4.90 Å². The Balaban J connectivity index is 1.47. The summed E-state index contributed by atoms with van der Waals surface area (Å²) in [5.41, 5.74) is 0.309. The van der Waals surface area contributed by atoms with Gasteiger partial charge in [-0.05, 0) is 33.6 Å². The van der Waals surface area contributed by atoms with Crippen molar-refractivity contribution in [3.05, 3.63) is 17.8 Å². The highest BCUT2D eigenvalue weighted by molar-refractivity contribution is 5.92. The largest absolute Gasteiger partial charge is 0.447 e. The molecule has 2 atom stereocenters. The zero-order valence-electron chi connectivity index (χ0n) is 20.9. The van der Waals surface area contributed by atoms with Gasteiger partial charge in [-0.2, -0.15) is 0 Å². The molecule has 0 radical (unpaired) electrons. The van der Waals surface area contributed by atoms with Crippen molar-refractivity contribution in [2.75, 3.05) is 72.1 Å². The van der Waals surface area contributed by atoms with Crippen LogP contribution in [0.1, 0.15) is 50.0 Å². The summed E-state index contributed by atoms with van der Waals surface area (Å²) in [4.78, 5) is 38.3. The number of hydrogen-bond donors (Lipinski definition) is 1. The highest BCUT2D eigenvalue weighted by atomic mass is 16.5. The predicted octanol–water partition coefficient (Wildman–Crippen LogP) is 0.910. The van der Waals surface area contributed by atoms with E-state index in [0.717, 1.165) is 39.0 Å². The summed E-state index contributed by atoms with van der Waals surface area (Å²) in [6.45, 7) is 13.9. The number of likely N-dealkylation sites (tertiary alicyclic amines) is 1. The molecule has 2 aliphatic heterocycles. The first-order valence-electron chi connectivity index (χ1n) is 12.7. The molecule has 2 unspecified atom stereocenters. The minimum absolute atomic E-state index is 0.132. The number of oxazole rings is 1. The Labute approximate surface area is 202 Å². The molecule has 2 aliphatic rings. The minimum Gasteiger partial charge on any atom is -0.447 e. The lowest BCUT2D eigenvalue weighted by molar-refractivity contribution is -0.136. The van der Waals surface area contributed by atoms with E-state index < -0.39 is 6.10 Å². The van der Waals surface area contributed by atoms with Crippen molar-refractivity contribution in [2.45, 2.75) is 46.3 Å². The number of β-amino-alcohol motifs (C(OH)–C–C–N with tert-alkyl or cyclic N) is 1. The van der Waals surface area contributed by atoms with Crippen molar-refractivity contribution in [3.63, 3.8) is 0 Å². The monoisotopic (exact) mass is 479 g/mol. The zero-order valence-corrected chi connectivity index (χ0v) is 20.9. The molecular weight excluding hydrogens is 438 g/mol. The number of aliphatic hydroxyl groups is 1. The fourth-order valence-electron chi connectivity index (χ4n) is 4.73. The third-order valence-electron chi connectivity index (χ3n) is 6.71. The molecule has 3 heterocycles. The second kappa shape index (κ2) is 13.2. The van der Waals surface area contributed by atoms with Crippen LogP contribution in [-0.4, -0.2) is 120 Å². The molecule has 1 aromatic heterocycles. The molecule has 192 valence electrons. The summed E-state index contributed by atoms with van der Waals surface area (Å²) in [6.07, 6.45) is 2.60. The van der Waals surface area contributed by atoms with E-state index in [1.165, 1.54) is 6.26 Å². The second-order valence-electron chi connectivity index (χ2n) is 9.12. The summed E-state index contributed by atoms with van der Waals surface area (Å²) in [6, 6.07) is 0. The lowest BCUT2D eigenvalue weighted by atomic mass is 9.96. The fraction of sp³-hybridized carbons (Fsp3) is 0.792. The van der Waals surface area contributed by atoms with E-state index in [4.69, 9.17) is 9.15 Å². The van der Waals surface area contributed by atoms with Crippen LogP contribution in [0.15, 0.2) is 10.7 Å². The highest BCUT2D eigenvalue weighted by Crippen LogP contribution is 2.21. The van der Waals surface area contributed by atoms with Gasteiger partial charge in [-0.3, -0.25) is 19.4 Å². The fourth-order valence-corrected chi connectivity index (χ4v) is 4.73. The molecule has 1 aromatic rings. The Morgan fingerprint density at radius 2 is 1.88 bits per heavy atom. The lowest BCUT2D eigenvalue weighted by Gasteiger charge is -2.35. The van der Waals surface area contributed by atoms with Gasteiger partial charge >= 0.3 is 0 Å². The summed E-state index contributed by atoms with van der Waals surface area (Å²) in [5, 5.41) is 10.0. The molecule has 2 amide bonds. The molecule has 2 fully saturated rings. The number of piperidine rings is 1. The van der Waals surface area contributed by atoms with Crippen LogP contribution in [0.5, 0.6) is 0 Å². The van der Waals surface area contributed by atoms with Gasteiger partial charge in [-0.15, -0.1) is 0 Å². The molecule has 0 aromatic carbocycles. The number of hydrogen-bond acceptors (Lipinski definition) is 8. The molecule has 0 aliphatic carbocycles. The van der Waals surface area contributed by atoms with Gasteiger partial charge in [0.05, 0.1) is 25.2 Å². The molecular formula is C24H41N5O5. The van der Waals surface area contributed by atoms with Crippen LogP contribution in [0.25, 0.3) is 0 Å². The number of piperazine rings is 1. The third kappa shape index (κ3) is 7.24. The van der Waals surface area contributed by atoms with Crippen molar-refractivity contribution in [1.82, 2.24) is 24.6 Å². The van der Waals surface area contributed by atoms with Gasteiger partial charge < -0.3 is 24.1 Å². The van der Waals surface area contributed by atoms with Crippen LogP contribution < -0.4 is 0 Å². The number of aromatic nitrogens is 1. The molecule has 34 heavy (non-hydrogen) atoms. The molecule has 0 saturated carbocycles. The van der Waals surface area contributed by atoms with E-state index in [-0.39, 0.29) is 17.7 Å². The van der Waals surface area contributed by atoms with Gasteiger partial charge in [0.2, 0.25) is 11.8 Å². The zero-order chi connectivity index (χ0) is 24.5. The average molecular weight is 480 g/mol.